The van der Waals surface area contributed by atoms with Gasteiger partial charge in [-0.15, -0.1) is 11.3 Å². The molecule has 106 valence electrons. The highest BCUT2D eigenvalue weighted by molar-refractivity contribution is 7.13. The molecular weight excluding hydrogens is 264 g/mol. The summed E-state index contributed by atoms with van der Waals surface area (Å²) < 4.78 is 0. The fraction of sp³-hybridized carbons (Fsp3) is 0.471. The minimum absolute atomic E-state index is 1.10. The lowest BCUT2D eigenvalue weighted by Gasteiger charge is -2.20. The van der Waals surface area contributed by atoms with Gasteiger partial charge in [-0.25, -0.2) is 4.98 Å². The van der Waals surface area contributed by atoms with Crippen LogP contribution < -0.4 is 4.90 Å². The summed E-state index contributed by atoms with van der Waals surface area (Å²) in [5.41, 5.74) is 2.51. The van der Waals surface area contributed by atoms with Gasteiger partial charge in [-0.1, -0.05) is 36.8 Å². The number of nitrogens with zero attached hydrogens (tertiary/aromatic N) is 1. The molecule has 0 saturated carbocycles. The molecule has 0 atom stereocenters. The van der Waals surface area contributed by atoms with Crippen LogP contribution in [-0.2, 0) is 6.54 Å². The van der Waals surface area contributed by atoms with Crippen LogP contribution in [-0.4, -0.2) is 18.1 Å². The Bertz CT molecular complexity index is 513. The van der Waals surface area contributed by atoms with E-state index >= 15 is 0 Å². The minimum Gasteiger partial charge on any atom is -0.330 e. The van der Waals surface area contributed by atoms with Gasteiger partial charge in [0.2, 0.25) is 0 Å². The summed E-state index contributed by atoms with van der Waals surface area (Å²) in [6, 6.07) is 10.5. The van der Waals surface area contributed by atoms with Crippen LogP contribution in [0.5, 0.6) is 0 Å². The second-order valence-electron chi connectivity index (χ2n) is 5.70. The maximum atomic E-state index is 4.83. The van der Waals surface area contributed by atoms with Crippen LogP contribution in [0.1, 0.15) is 37.8 Å². The Hall–Kier alpha value is -1.19. The van der Waals surface area contributed by atoms with Gasteiger partial charge in [-0.2, -0.15) is 0 Å². The lowest BCUT2D eigenvalue weighted by molar-refractivity contribution is -0.915. The number of aromatic nitrogens is 1. The summed E-state index contributed by atoms with van der Waals surface area (Å²) in [6.45, 7) is 3.74. The molecule has 1 aliphatic rings. The number of thiazole rings is 1. The SMILES string of the molecule is c1ccc(-c2nc(C[NH+]3CCCCCCC3)cs2)cc1. The molecule has 0 radical (unpaired) electrons. The summed E-state index contributed by atoms with van der Waals surface area (Å²) in [4.78, 5) is 6.54. The van der Waals surface area contributed by atoms with Crippen molar-refractivity contribution in [3.63, 3.8) is 0 Å². The number of rotatable bonds is 3. The highest BCUT2D eigenvalue weighted by atomic mass is 32.1. The van der Waals surface area contributed by atoms with E-state index in [1.54, 1.807) is 16.2 Å². The quantitative estimate of drug-likeness (QED) is 0.918. The summed E-state index contributed by atoms with van der Waals surface area (Å²) in [7, 11) is 0. The molecule has 2 nitrogen and oxygen atoms in total. The van der Waals surface area contributed by atoms with Crippen LogP contribution in [0, 0.1) is 0 Å². The van der Waals surface area contributed by atoms with E-state index in [-0.39, 0.29) is 0 Å². The van der Waals surface area contributed by atoms with Crippen LogP contribution >= 0.6 is 11.3 Å². The smallest absolute Gasteiger partial charge is 0.123 e. The van der Waals surface area contributed by atoms with Crippen molar-refractivity contribution in [1.29, 1.82) is 0 Å². The van der Waals surface area contributed by atoms with Gasteiger partial charge < -0.3 is 4.90 Å². The Morgan fingerprint density at radius 1 is 0.950 bits per heavy atom. The first-order chi connectivity index (χ1) is 9.92. The zero-order valence-corrected chi connectivity index (χ0v) is 12.8. The predicted molar refractivity (Wildman–Crippen MR) is 85.0 cm³/mol. The topological polar surface area (TPSA) is 17.3 Å². The van der Waals surface area contributed by atoms with Crippen molar-refractivity contribution in [2.75, 3.05) is 13.1 Å². The third-order valence-electron chi connectivity index (χ3n) is 4.06. The fourth-order valence-corrected chi connectivity index (χ4v) is 3.77. The molecular formula is C17H23N2S+. The molecule has 2 heterocycles. The zero-order valence-electron chi connectivity index (χ0n) is 12.0. The van der Waals surface area contributed by atoms with E-state index in [1.165, 1.54) is 56.5 Å². The van der Waals surface area contributed by atoms with Gasteiger partial charge in [0, 0.05) is 10.9 Å². The standard InChI is InChI=1S/C17H22N2S/c1-2-7-11-19(12-8-3-1)13-16-14-20-17(18-16)15-9-5-4-6-10-15/h4-6,9-10,14H,1-3,7-8,11-13H2/p+1. The summed E-state index contributed by atoms with van der Waals surface area (Å²) >= 11 is 1.78. The van der Waals surface area contributed by atoms with Crippen LogP contribution in [0.4, 0.5) is 0 Å². The van der Waals surface area contributed by atoms with E-state index in [1.807, 2.05) is 0 Å². The normalized spacial score (nSPS) is 17.6. The van der Waals surface area contributed by atoms with Crippen LogP contribution in [0.15, 0.2) is 35.7 Å². The van der Waals surface area contributed by atoms with Crippen molar-refractivity contribution >= 4 is 11.3 Å². The Balaban J connectivity index is 1.64. The van der Waals surface area contributed by atoms with Gasteiger partial charge in [0.05, 0.1) is 13.1 Å². The lowest BCUT2D eigenvalue weighted by atomic mass is 10.1. The Kier molecular flexibility index (Phi) is 4.82. The first-order valence-electron chi connectivity index (χ1n) is 7.75. The molecule has 0 bridgehead atoms. The van der Waals surface area contributed by atoms with Gasteiger partial charge in [0.1, 0.15) is 17.2 Å². The molecule has 2 aromatic rings. The first-order valence-corrected chi connectivity index (χ1v) is 8.63. The van der Waals surface area contributed by atoms with Gasteiger partial charge in [-0.3, -0.25) is 0 Å². The van der Waals surface area contributed by atoms with Crippen molar-refractivity contribution < 1.29 is 4.90 Å². The molecule has 0 spiro atoms. The maximum Gasteiger partial charge on any atom is 0.123 e. The molecule has 0 amide bonds. The predicted octanol–water partition coefficient (Wildman–Crippen LogP) is 3.16. The van der Waals surface area contributed by atoms with Crippen molar-refractivity contribution in [2.45, 2.75) is 38.6 Å². The molecule has 0 aliphatic carbocycles. The number of hydrogen-bond acceptors (Lipinski definition) is 2. The highest BCUT2D eigenvalue weighted by Crippen LogP contribution is 2.22. The molecule has 1 saturated heterocycles. The molecule has 1 fully saturated rings. The highest BCUT2D eigenvalue weighted by Gasteiger charge is 2.14. The third kappa shape index (κ3) is 3.68. The zero-order chi connectivity index (χ0) is 13.6. The van der Waals surface area contributed by atoms with Gasteiger partial charge >= 0.3 is 0 Å². The number of benzene rings is 1. The second-order valence-corrected chi connectivity index (χ2v) is 6.56. The first kappa shape index (κ1) is 13.8. The Labute approximate surface area is 125 Å². The van der Waals surface area contributed by atoms with Crippen LogP contribution in [0.25, 0.3) is 10.6 Å². The monoisotopic (exact) mass is 287 g/mol. The fourth-order valence-electron chi connectivity index (χ4n) is 2.94. The van der Waals surface area contributed by atoms with Crippen molar-refractivity contribution in [3.05, 3.63) is 41.4 Å². The minimum atomic E-state index is 1.10. The Morgan fingerprint density at radius 3 is 2.40 bits per heavy atom. The molecule has 1 N–H and O–H groups in total. The average Bonchev–Trinajstić information content (AvgIpc) is 2.91. The van der Waals surface area contributed by atoms with Gasteiger partial charge in [0.25, 0.3) is 0 Å². The van der Waals surface area contributed by atoms with Crippen molar-refractivity contribution in [1.82, 2.24) is 4.98 Å². The molecule has 1 aromatic heterocycles. The Morgan fingerprint density at radius 2 is 1.65 bits per heavy atom. The molecule has 0 unspecified atom stereocenters. The molecule has 1 aliphatic heterocycles. The third-order valence-corrected chi connectivity index (χ3v) is 5.00. The van der Waals surface area contributed by atoms with Crippen molar-refractivity contribution in [3.8, 4) is 10.6 Å². The molecule has 1 aromatic carbocycles. The van der Waals surface area contributed by atoms with E-state index in [0.29, 0.717) is 0 Å². The van der Waals surface area contributed by atoms with Gasteiger partial charge in [-0.05, 0) is 25.7 Å². The maximum absolute atomic E-state index is 4.83. The number of quaternary nitrogens is 1. The van der Waals surface area contributed by atoms with Gasteiger partial charge in [0.15, 0.2) is 0 Å². The molecule has 20 heavy (non-hydrogen) atoms. The number of nitrogens with one attached hydrogen (secondary N) is 1. The largest absolute Gasteiger partial charge is 0.330 e. The van der Waals surface area contributed by atoms with E-state index in [4.69, 9.17) is 4.98 Å². The summed E-state index contributed by atoms with van der Waals surface area (Å²) in [5, 5.41) is 3.40. The summed E-state index contributed by atoms with van der Waals surface area (Å²) in [6.07, 6.45) is 7.02. The number of hydrogen-bond donors (Lipinski definition) is 1. The van der Waals surface area contributed by atoms with Crippen molar-refractivity contribution in [2.24, 2.45) is 0 Å². The average molecular weight is 287 g/mol. The van der Waals surface area contributed by atoms with Crippen LogP contribution in [0.3, 0.4) is 0 Å². The second kappa shape index (κ2) is 7.00. The molecule has 3 heteroatoms. The van der Waals surface area contributed by atoms with E-state index in [0.717, 1.165) is 11.6 Å². The lowest BCUT2D eigenvalue weighted by Crippen LogP contribution is -3.10. The van der Waals surface area contributed by atoms with E-state index in [2.05, 4.69) is 35.7 Å². The molecule has 3 rings (SSSR count). The van der Waals surface area contributed by atoms with Crippen LogP contribution in [0.2, 0.25) is 0 Å². The summed E-state index contributed by atoms with van der Waals surface area (Å²) in [5.74, 6) is 0. The van der Waals surface area contributed by atoms with E-state index in [9.17, 15) is 0 Å². The number of likely N-dealkylation sites (tertiary alicyclic amines) is 1. The van der Waals surface area contributed by atoms with E-state index < -0.39 is 0 Å².